The van der Waals surface area contributed by atoms with Crippen molar-refractivity contribution in [2.75, 3.05) is 7.11 Å². The molecule has 0 atom stereocenters. The van der Waals surface area contributed by atoms with Gasteiger partial charge in [-0.15, -0.1) is 0 Å². The molecule has 2 aromatic rings. The average Bonchev–Trinajstić information content (AvgIpc) is 3.02. The third kappa shape index (κ3) is 2.77. The van der Waals surface area contributed by atoms with Gasteiger partial charge in [0.2, 0.25) is 0 Å². The van der Waals surface area contributed by atoms with Crippen molar-refractivity contribution < 1.29 is 9.26 Å². The summed E-state index contributed by atoms with van der Waals surface area (Å²) < 4.78 is 11.1. The lowest BCUT2D eigenvalue weighted by molar-refractivity contribution is 0.310. The zero-order valence-corrected chi connectivity index (χ0v) is 15.6. The third-order valence-corrected chi connectivity index (χ3v) is 5.32. The van der Waals surface area contributed by atoms with Gasteiger partial charge in [-0.2, -0.15) is 0 Å². The summed E-state index contributed by atoms with van der Waals surface area (Å²) >= 11 is 0. The smallest absolute Gasteiger partial charge is 0.159 e. The summed E-state index contributed by atoms with van der Waals surface area (Å²) in [6.07, 6.45) is 8.02. The number of fused-ring (bicyclic) bond motifs is 1. The molecule has 0 saturated heterocycles. The third-order valence-electron chi connectivity index (χ3n) is 5.32. The summed E-state index contributed by atoms with van der Waals surface area (Å²) in [5, 5.41) is 3.75. The second-order valence-electron chi connectivity index (χ2n) is 8.08. The van der Waals surface area contributed by atoms with Gasteiger partial charge >= 0.3 is 0 Å². The largest absolute Gasteiger partial charge is 0.496 e. The topological polar surface area (TPSA) is 35.3 Å². The summed E-state index contributed by atoms with van der Waals surface area (Å²) in [6, 6.07) is 4.08. The van der Waals surface area contributed by atoms with Crippen molar-refractivity contribution in [3.63, 3.8) is 0 Å². The molecule has 0 aliphatic heterocycles. The van der Waals surface area contributed by atoms with Gasteiger partial charge in [0.15, 0.2) is 5.76 Å². The SMILES string of the molecule is COc1c(C=Cc2ccno2)cc(C)c2c1C(C)(C)CCC2(C)C. The fraction of sp³-hybridized carbons (Fsp3) is 0.476. The van der Waals surface area contributed by atoms with Gasteiger partial charge in [-0.1, -0.05) is 32.9 Å². The van der Waals surface area contributed by atoms with Crippen molar-refractivity contribution in [1.82, 2.24) is 5.16 Å². The average molecular weight is 325 g/mol. The van der Waals surface area contributed by atoms with Crippen LogP contribution < -0.4 is 4.74 Å². The molecule has 1 aliphatic rings. The fourth-order valence-corrected chi connectivity index (χ4v) is 4.05. The van der Waals surface area contributed by atoms with Gasteiger partial charge in [-0.3, -0.25) is 0 Å². The van der Waals surface area contributed by atoms with Crippen LogP contribution in [0.2, 0.25) is 0 Å². The summed E-state index contributed by atoms with van der Waals surface area (Å²) in [5.74, 6) is 1.73. The molecule has 0 bridgehead atoms. The number of nitrogens with zero attached hydrogens (tertiary/aromatic N) is 1. The van der Waals surface area contributed by atoms with Gasteiger partial charge in [0, 0.05) is 17.2 Å². The van der Waals surface area contributed by atoms with Crippen molar-refractivity contribution in [3.05, 3.63) is 46.3 Å². The summed E-state index contributed by atoms with van der Waals surface area (Å²) in [4.78, 5) is 0. The number of hydrogen-bond acceptors (Lipinski definition) is 3. The van der Waals surface area contributed by atoms with E-state index in [9.17, 15) is 0 Å². The number of benzene rings is 1. The first kappa shape index (κ1) is 16.8. The fourth-order valence-electron chi connectivity index (χ4n) is 4.05. The molecule has 1 heterocycles. The van der Waals surface area contributed by atoms with E-state index in [0.29, 0.717) is 0 Å². The highest BCUT2D eigenvalue weighted by Crippen LogP contribution is 2.51. The number of ether oxygens (including phenoxy) is 1. The van der Waals surface area contributed by atoms with E-state index in [2.05, 4.69) is 51.9 Å². The molecule has 1 aromatic carbocycles. The zero-order valence-electron chi connectivity index (χ0n) is 15.6. The van der Waals surface area contributed by atoms with Gasteiger partial charge in [-0.25, -0.2) is 0 Å². The monoisotopic (exact) mass is 325 g/mol. The van der Waals surface area contributed by atoms with E-state index >= 15 is 0 Å². The van der Waals surface area contributed by atoms with Crippen LogP contribution in [0, 0.1) is 6.92 Å². The normalized spacial score (nSPS) is 18.6. The highest BCUT2D eigenvalue weighted by atomic mass is 16.5. The lowest BCUT2D eigenvalue weighted by Gasteiger charge is -2.44. The zero-order chi connectivity index (χ0) is 17.5. The van der Waals surface area contributed by atoms with Crippen LogP contribution in [0.25, 0.3) is 12.2 Å². The molecular formula is C21H27NO2. The molecule has 24 heavy (non-hydrogen) atoms. The molecule has 3 nitrogen and oxygen atoms in total. The lowest BCUT2D eigenvalue weighted by atomic mass is 9.61. The van der Waals surface area contributed by atoms with Crippen LogP contribution in [0.1, 0.15) is 68.6 Å². The number of rotatable bonds is 3. The molecule has 0 amide bonds. The van der Waals surface area contributed by atoms with Gasteiger partial charge in [0.05, 0.1) is 13.3 Å². The molecule has 1 aromatic heterocycles. The van der Waals surface area contributed by atoms with E-state index in [4.69, 9.17) is 9.26 Å². The molecular weight excluding hydrogens is 298 g/mol. The Bertz CT molecular complexity index is 768. The van der Waals surface area contributed by atoms with Gasteiger partial charge in [-0.05, 0) is 59.9 Å². The standard InChI is InChI=1S/C21H27NO2/c1-14-13-15(7-8-16-9-12-22-24-16)19(23-6)18-17(14)20(2,3)10-11-21(18,4)5/h7-9,12-13H,10-11H2,1-6H3. The number of methoxy groups -OCH3 is 1. The van der Waals surface area contributed by atoms with Crippen molar-refractivity contribution in [3.8, 4) is 5.75 Å². The minimum Gasteiger partial charge on any atom is -0.496 e. The van der Waals surface area contributed by atoms with Crippen molar-refractivity contribution in [2.45, 2.75) is 58.3 Å². The molecule has 1 aliphatic carbocycles. The number of aryl methyl sites for hydroxylation is 1. The predicted octanol–water partition coefficient (Wildman–Crippen LogP) is 5.51. The second-order valence-corrected chi connectivity index (χ2v) is 8.08. The summed E-state index contributed by atoms with van der Waals surface area (Å²) in [6.45, 7) is 11.6. The molecule has 0 saturated carbocycles. The maximum absolute atomic E-state index is 5.90. The Labute approximate surface area is 144 Å². The minimum atomic E-state index is 0.108. The Morgan fingerprint density at radius 2 is 1.75 bits per heavy atom. The molecule has 128 valence electrons. The van der Waals surface area contributed by atoms with Crippen LogP contribution in [-0.4, -0.2) is 12.3 Å². The van der Waals surface area contributed by atoms with Crippen LogP contribution in [0.5, 0.6) is 5.75 Å². The molecule has 0 radical (unpaired) electrons. The number of hydrogen-bond donors (Lipinski definition) is 0. The van der Waals surface area contributed by atoms with Crippen molar-refractivity contribution in [2.24, 2.45) is 0 Å². The molecule has 0 N–H and O–H groups in total. The molecule has 0 spiro atoms. The molecule has 0 unspecified atom stereocenters. The molecule has 0 fully saturated rings. The van der Waals surface area contributed by atoms with Gasteiger partial charge in [0.1, 0.15) is 5.75 Å². The van der Waals surface area contributed by atoms with Crippen molar-refractivity contribution in [1.29, 1.82) is 0 Å². The van der Waals surface area contributed by atoms with E-state index in [-0.39, 0.29) is 10.8 Å². The van der Waals surface area contributed by atoms with E-state index in [0.717, 1.165) is 23.5 Å². The Hall–Kier alpha value is -2.03. The van der Waals surface area contributed by atoms with Crippen LogP contribution in [0.4, 0.5) is 0 Å². The highest BCUT2D eigenvalue weighted by molar-refractivity contribution is 5.74. The first-order chi connectivity index (χ1) is 11.3. The van der Waals surface area contributed by atoms with E-state index < -0.39 is 0 Å². The van der Waals surface area contributed by atoms with Crippen LogP contribution in [-0.2, 0) is 10.8 Å². The second kappa shape index (κ2) is 5.80. The van der Waals surface area contributed by atoms with Gasteiger partial charge in [0.25, 0.3) is 0 Å². The van der Waals surface area contributed by atoms with E-state index in [1.54, 1.807) is 13.3 Å². The van der Waals surface area contributed by atoms with Gasteiger partial charge < -0.3 is 9.26 Å². The first-order valence-corrected chi connectivity index (χ1v) is 8.57. The van der Waals surface area contributed by atoms with E-state index in [1.807, 2.05) is 12.1 Å². The van der Waals surface area contributed by atoms with E-state index in [1.165, 1.54) is 23.1 Å². The highest BCUT2D eigenvalue weighted by Gasteiger charge is 2.40. The Kier molecular flexibility index (Phi) is 4.06. The Balaban J connectivity index is 2.22. The molecule has 3 rings (SSSR count). The minimum absolute atomic E-state index is 0.108. The maximum atomic E-state index is 5.90. The maximum Gasteiger partial charge on any atom is 0.159 e. The Morgan fingerprint density at radius 3 is 2.33 bits per heavy atom. The molecule has 3 heteroatoms. The summed E-state index contributed by atoms with van der Waals surface area (Å²) in [7, 11) is 1.77. The predicted molar refractivity (Wildman–Crippen MR) is 98.4 cm³/mol. The van der Waals surface area contributed by atoms with Crippen LogP contribution in [0.15, 0.2) is 22.9 Å². The quantitative estimate of drug-likeness (QED) is 0.746. The number of aromatic nitrogens is 1. The first-order valence-electron chi connectivity index (χ1n) is 8.57. The lowest BCUT2D eigenvalue weighted by Crippen LogP contribution is -2.35. The van der Waals surface area contributed by atoms with Crippen LogP contribution in [0.3, 0.4) is 0 Å². The van der Waals surface area contributed by atoms with Crippen molar-refractivity contribution >= 4 is 12.2 Å². The Morgan fingerprint density at radius 1 is 1.08 bits per heavy atom. The summed E-state index contributed by atoms with van der Waals surface area (Å²) in [5.41, 5.74) is 5.52. The van der Waals surface area contributed by atoms with Crippen LogP contribution >= 0.6 is 0 Å².